The van der Waals surface area contributed by atoms with Crippen LogP contribution in [-0.2, 0) is 20.6 Å². The molecule has 0 aliphatic carbocycles. The van der Waals surface area contributed by atoms with E-state index < -0.39 is 35.2 Å². The van der Waals surface area contributed by atoms with E-state index in [-0.39, 0.29) is 24.6 Å². The summed E-state index contributed by atoms with van der Waals surface area (Å²) >= 11 is 1.20. The van der Waals surface area contributed by atoms with Gasteiger partial charge in [-0.3, -0.25) is 4.90 Å². The van der Waals surface area contributed by atoms with Crippen LogP contribution in [0.1, 0.15) is 68.9 Å². The molecule has 0 bridgehead atoms. The molecule has 0 saturated heterocycles. The Morgan fingerprint density at radius 1 is 0.978 bits per heavy atom. The number of methoxy groups -OCH3 is 1. The van der Waals surface area contributed by atoms with Gasteiger partial charge in [0.05, 0.1) is 20.3 Å². The maximum absolute atomic E-state index is 14.7. The van der Waals surface area contributed by atoms with Crippen LogP contribution in [-0.4, -0.2) is 98.6 Å². The lowest BCUT2D eigenvalue weighted by molar-refractivity contribution is 0.0320. The molecule has 0 spiro atoms. The summed E-state index contributed by atoms with van der Waals surface area (Å²) < 4.78 is 36.2. The number of benzene rings is 1. The highest BCUT2D eigenvalue weighted by Gasteiger charge is 2.28. The zero-order valence-electron chi connectivity index (χ0n) is 27.9. The van der Waals surface area contributed by atoms with Gasteiger partial charge < -0.3 is 28.7 Å². The zero-order chi connectivity index (χ0) is 33.9. The number of ether oxygens (including phenoxy) is 4. The Labute approximate surface area is 269 Å². The molecule has 0 saturated carbocycles. The van der Waals surface area contributed by atoms with E-state index in [4.69, 9.17) is 18.9 Å². The third-order valence-corrected chi connectivity index (χ3v) is 6.81. The summed E-state index contributed by atoms with van der Waals surface area (Å²) in [5, 5.41) is 0.322. The molecule has 0 N–H and O–H groups in total. The summed E-state index contributed by atoms with van der Waals surface area (Å²) in [6.07, 6.45) is -0.241. The van der Waals surface area contributed by atoms with Gasteiger partial charge >= 0.3 is 18.2 Å². The van der Waals surface area contributed by atoms with Crippen molar-refractivity contribution in [2.24, 2.45) is 0 Å². The van der Waals surface area contributed by atoms with Gasteiger partial charge in [0.2, 0.25) is 0 Å². The number of rotatable bonds is 11. The zero-order valence-corrected chi connectivity index (χ0v) is 28.7. The first-order valence-electron chi connectivity index (χ1n) is 14.5. The monoisotopic (exact) mass is 648 g/mol. The van der Waals surface area contributed by atoms with Crippen LogP contribution in [0.4, 0.5) is 19.1 Å². The number of anilines is 1. The largest absolute Gasteiger partial charge is 0.491 e. The minimum Gasteiger partial charge on any atom is -0.491 e. The average molecular weight is 649 g/mol. The summed E-state index contributed by atoms with van der Waals surface area (Å²) in [5.41, 5.74) is -0.780. The normalized spacial score (nSPS) is 11.4. The highest BCUT2D eigenvalue weighted by Crippen LogP contribution is 2.30. The summed E-state index contributed by atoms with van der Waals surface area (Å²) in [5.74, 6) is 4.53. The fourth-order valence-corrected chi connectivity index (χ4v) is 4.64. The van der Waals surface area contributed by atoms with Crippen molar-refractivity contribution in [3.63, 3.8) is 0 Å². The molecular formula is C32H45FN4O7S. The van der Waals surface area contributed by atoms with Crippen LogP contribution in [0.3, 0.4) is 0 Å². The second kappa shape index (κ2) is 16.4. The predicted octanol–water partition coefficient (Wildman–Crippen LogP) is 5.60. The SMILES string of the molecule is COC(=O)c1nc(N(CCN(C)C)C(=O)OC(C)(C)C)sc1CCCOc1ccc(C#CCN(C)C(=O)OC(C)(C)C)cc1F. The molecule has 0 aliphatic heterocycles. The highest BCUT2D eigenvalue weighted by atomic mass is 32.1. The van der Waals surface area contributed by atoms with Crippen molar-refractivity contribution in [1.82, 2.24) is 14.8 Å². The lowest BCUT2D eigenvalue weighted by Crippen LogP contribution is -2.40. The van der Waals surface area contributed by atoms with E-state index in [2.05, 4.69) is 16.8 Å². The van der Waals surface area contributed by atoms with E-state index in [1.165, 1.54) is 40.4 Å². The van der Waals surface area contributed by atoms with E-state index in [0.717, 1.165) is 0 Å². The third kappa shape index (κ3) is 12.9. The maximum Gasteiger partial charge on any atom is 0.416 e. The van der Waals surface area contributed by atoms with Gasteiger partial charge in [0.1, 0.15) is 11.2 Å². The van der Waals surface area contributed by atoms with E-state index in [9.17, 15) is 18.8 Å². The smallest absolute Gasteiger partial charge is 0.416 e. The number of hydrogen-bond donors (Lipinski definition) is 0. The molecule has 2 rings (SSSR count). The van der Waals surface area contributed by atoms with Crippen molar-refractivity contribution in [1.29, 1.82) is 0 Å². The molecule has 1 heterocycles. The van der Waals surface area contributed by atoms with Gasteiger partial charge in [0.25, 0.3) is 0 Å². The van der Waals surface area contributed by atoms with Crippen LogP contribution in [0, 0.1) is 17.7 Å². The molecule has 11 nitrogen and oxygen atoms in total. The Morgan fingerprint density at radius 2 is 1.62 bits per heavy atom. The number of carbonyl (C=O) groups is 3. The number of halogens is 1. The van der Waals surface area contributed by atoms with Gasteiger partial charge in [0, 0.05) is 30.6 Å². The van der Waals surface area contributed by atoms with Crippen LogP contribution in [0.15, 0.2) is 18.2 Å². The molecule has 2 amide bonds. The average Bonchev–Trinajstić information content (AvgIpc) is 3.33. The topological polar surface area (TPSA) is 111 Å². The Hall–Kier alpha value is -3.89. The summed E-state index contributed by atoms with van der Waals surface area (Å²) in [7, 11) is 6.61. The van der Waals surface area contributed by atoms with Gasteiger partial charge in [0.15, 0.2) is 22.4 Å². The van der Waals surface area contributed by atoms with Crippen molar-refractivity contribution in [3.8, 4) is 17.6 Å². The number of aryl methyl sites for hydroxylation is 1. The molecular weight excluding hydrogens is 603 g/mol. The fraction of sp³-hybridized carbons (Fsp3) is 0.562. The molecule has 0 unspecified atom stereocenters. The predicted molar refractivity (Wildman–Crippen MR) is 172 cm³/mol. The van der Waals surface area contributed by atoms with Crippen LogP contribution in [0.5, 0.6) is 5.75 Å². The number of esters is 1. The van der Waals surface area contributed by atoms with E-state index in [0.29, 0.717) is 41.5 Å². The van der Waals surface area contributed by atoms with Crippen molar-refractivity contribution in [2.45, 2.75) is 65.6 Å². The number of hydrogen-bond acceptors (Lipinski definition) is 10. The Kier molecular flexibility index (Phi) is 13.6. The Morgan fingerprint density at radius 3 is 2.20 bits per heavy atom. The van der Waals surface area contributed by atoms with Crippen LogP contribution in [0.25, 0.3) is 0 Å². The molecule has 45 heavy (non-hydrogen) atoms. The van der Waals surface area contributed by atoms with E-state index in [1.807, 2.05) is 19.0 Å². The molecule has 0 atom stereocenters. The molecule has 0 aliphatic rings. The number of amides is 2. The van der Waals surface area contributed by atoms with Crippen LogP contribution in [0.2, 0.25) is 0 Å². The molecule has 1 aromatic heterocycles. The minimum absolute atomic E-state index is 0.0596. The number of thiazole rings is 1. The second-order valence-corrected chi connectivity index (χ2v) is 13.5. The standard InChI is InChI=1S/C32H45FN4O7S/c1-31(2,3)43-29(39)36(9)17-11-13-22-15-16-24(23(33)21-22)42-20-12-14-25-26(27(38)41-10)34-28(45-25)37(19-18-35(7)8)30(40)44-32(4,5)6/h15-16,21H,12,14,17-20H2,1-10H3. The van der Waals surface area contributed by atoms with Gasteiger partial charge in [-0.05, 0) is 86.7 Å². The highest BCUT2D eigenvalue weighted by molar-refractivity contribution is 7.16. The van der Waals surface area contributed by atoms with E-state index in [1.54, 1.807) is 54.7 Å². The van der Waals surface area contributed by atoms with Gasteiger partial charge in [-0.2, -0.15) is 0 Å². The number of carbonyl (C=O) groups excluding carboxylic acids is 3. The Balaban J connectivity index is 2.07. The molecule has 1 aromatic carbocycles. The summed E-state index contributed by atoms with van der Waals surface area (Å²) in [6.45, 7) is 11.8. The van der Waals surface area contributed by atoms with Crippen molar-refractivity contribution >= 4 is 34.6 Å². The second-order valence-electron chi connectivity index (χ2n) is 12.4. The third-order valence-electron chi connectivity index (χ3n) is 5.67. The maximum atomic E-state index is 14.7. The van der Waals surface area contributed by atoms with E-state index >= 15 is 0 Å². The van der Waals surface area contributed by atoms with Crippen LogP contribution >= 0.6 is 11.3 Å². The lowest BCUT2D eigenvalue weighted by Gasteiger charge is -2.26. The molecule has 13 heteroatoms. The minimum atomic E-state index is -0.714. The first-order valence-corrected chi connectivity index (χ1v) is 15.3. The lowest BCUT2D eigenvalue weighted by atomic mass is 10.2. The van der Waals surface area contributed by atoms with Crippen LogP contribution < -0.4 is 9.64 Å². The molecule has 0 fully saturated rings. The first kappa shape index (κ1) is 37.3. The van der Waals surface area contributed by atoms with Gasteiger partial charge in [-0.15, -0.1) is 11.3 Å². The molecule has 0 radical (unpaired) electrons. The summed E-state index contributed by atoms with van der Waals surface area (Å²) in [6, 6.07) is 4.38. The molecule has 2 aromatic rings. The number of nitrogens with zero attached hydrogens (tertiary/aromatic N) is 4. The van der Waals surface area contributed by atoms with Gasteiger partial charge in [-0.1, -0.05) is 11.8 Å². The van der Waals surface area contributed by atoms with Crippen molar-refractivity contribution in [2.75, 3.05) is 59.4 Å². The van der Waals surface area contributed by atoms with Crippen molar-refractivity contribution in [3.05, 3.63) is 40.2 Å². The summed E-state index contributed by atoms with van der Waals surface area (Å²) in [4.78, 5) is 47.3. The van der Waals surface area contributed by atoms with Crippen molar-refractivity contribution < 1.29 is 37.7 Å². The number of likely N-dealkylation sites (N-methyl/N-ethyl adjacent to an activating group) is 1. The van der Waals surface area contributed by atoms with Gasteiger partial charge in [-0.25, -0.2) is 23.8 Å². The molecule has 248 valence electrons. The fourth-order valence-electron chi connectivity index (χ4n) is 3.54. The first-order chi connectivity index (χ1) is 20.9. The Bertz CT molecular complexity index is 1390. The quantitative estimate of drug-likeness (QED) is 0.133. The number of aromatic nitrogens is 1.